The van der Waals surface area contributed by atoms with E-state index >= 15 is 0 Å². The Morgan fingerprint density at radius 1 is 1.08 bits per heavy atom. The molecule has 0 unspecified atom stereocenters. The summed E-state index contributed by atoms with van der Waals surface area (Å²) in [4.78, 5) is 0. The maximum Gasteiger partial charge on any atom is 0.159 e. The monoisotopic (exact) mass is 377 g/mol. The van der Waals surface area contributed by atoms with Crippen molar-refractivity contribution in [1.82, 2.24) is 0 Å². The molecule has 0 fully saturated rings. The summed E-state index contributed by atoms with van der Waals surface area (Å²) in [6, 6.07) is 14.7. The number of nitrogens with zero attached hydrogens (tertiary/aromatic N) is 2. The number of nitriles is 2. The predicted molar refractivity (Wildman–Crippen MR) is 96.0 cm³/mol. The van der Waals surface area contributed by atoms with Crippen LogP contribution in [0.15, 0.2) is 53.1 Å². The van der Waals surface area contributed by atoms with Crippen molar-refractivity contribution in [2.45, 2.75) is 5.75 Å². The Balaban J connectivity index is 2.22. The van der Waals surface area contributed by atoms with Gasteiger partial charge in [-0.25, -0.2) is 4.39 Å². The van der Waals surface area contributed by atoms with E-state index in [2.05, 4.69) is 5.32 Å². The minimum Gasteiger partial charge on any atom is -0.348 e. The first-order chi connectivity index (χ1) is 11.5. The largest absolute Gasteiger partial charge is 0.348 e. The number of halogens is 3. The van der Waals surface area contributed by atoms with E-state index in [0.29, 0.717) is 26.5 Å². The van der Waals surface area contributed by atoms with Crippen LogP contribution in [-0.4, -0.2) is 0 Å². The van der Waals surface area contributed by atoms with Crippen LogP contribution >= 0.6 is 35.0 Å². The Bertz CT molecular complexity index is 853. The molecule has 0 saturated heterocycles. The molecule has 0 saturated carbocycles. The van der Waals surface area contributed by atoms with Gasteiger partial charge < -0.3 is 5.32 Å². The zero-order valence-electron chi connectivity index (χ0n) is 12.2. The smallest absolute Gasteiger partial charge is 0.159 e. The molecule has 24 heavy (non-hydrogen) atoms. The lowest BCUT2D eigenvalue weighted by atomic mass is 10.2. The van der Waals surface area contributed by atoms with E-state index in [4.69, 9.17) is 33.7 Å². The fraction of sp³-hybridized carbons (Fsp3) is 0.0588. The summed E-state index contributed by atoms with van der Waals surface area (Å²) in [5.74, 6) is 0.0470. The van der Waals surface area contributed by atoms with Gasteiger partial charge in [-0.1, -0.05) is 35.3 Å². The van der Waals surface area contributed by atoms with Crippen molar-refractivity contribution in [3.63, 3.8) is 0 Å². The molecule has 0 bridgehead atoms. The molecule has 0 atom stereocenters. The molecule has 0 aliphatic carbocycles. The predicted octanol–water partition coefficient (Wildman–Crippen LogP) is 5.74. The van der Waals surface area contributed by atoms with Gasteiger partial charge in [0.05, 0.1) is 10.0 Å². The van der Waals surface area contributed by atoms with Gasteiger partial charge in [0.1, 0.15) is 23.0 Å². The fourth-order valence-corrected chi connectivity index (χ4v) is 3.02. The minimum absolute atomic E-state index is 0.0793. The van der Waals surface area contributed by atoms with Gasteiger partial charge in [0, 0.05) is 11.4 Å². The van der Waals surface area contributed by atoms with Crippen LogP contribution in [0.3, 0.4) is 0 Å². The molecule has 2 aromatic rings. The SMILES string of the molecule is N#CC(C#N)=C(Nc1cccc(F)c1)SCc1ccc(Cl)c(Cl)c1. The summed E-state index contributed by atoms with van der Waals surface area (Å²) < 4.78 is 13.3. The summed E-state index contributed by atoms with van der Waals surface area (Å²) in [7, 11) is 0. The van der Waals surface area contributed by atoms with Gasteiger partial charge in [0.15, 0.2) is 5.57 Å². The molecule has 0 spiro atoms. The van der Waals surface area contributed by atoms with E-state index in [9.17, 15) is 4.39 Å². The number of thioether (sulfide) groups is 1. The van der Waals surface area contributed by atoms with Crippen LogP contribution < -0.4 is 5.32 Å². The molecular formula is C17H10Cl2FN3S. The third kappa shape index (κ3) is 4.91. The second kappa shape index (κ2) is 8.61. The average molecular weight is 378 g/mol. The van der Waals surface area contributed by atoms with Crippen LogP contribution in [0.5, 0.6) is 0 Å². The van der Waals surface area contributed by atoms with E-state index in [0.717, 1.165) is 5.56 Å². The molecule has 0 amide bonds. The third-order valence-electron chi connectivity index (χ3n) is 2.90. The summed E-state index contributed by atoms with van der Waals surface area (Å²) in [5.41, 5.74) is 1.25. The maximum atomic E-state index is 13.3. The zero-order valence-corrected chi connectivity index (χ0v) is 14.5. The van der Waals surface area contributed by atoms with Crippen LogP contribution in [0, 0.1) is 28.5 Å². The first-order valence-corrected chi connectivity index (χ1v) is 8.41. The molecule has 3 nitrogen and oxygen atoms in total. The van der Waals surface area contributed by atoms with Crippen LogP contribution in [0.1, 0.15) is 5.56 Å². The second-order valence-electron chi connectivity index (χ2n) is 4.60. The van der Waals surface area contributed by atoms with Crippen LogP contribution in [0.2, 0.25) is 10.0 Å². The van der Waals surface area contributed by atoms with Crippen LogP contribution in [0.4, 0.5) is 10.1 Å². The highest BCUT2D eigenvalue weighted by atomic mass is 35.5. The summed E-state index contributed by atoms with van der Waals surface area (Å²) in [5, 5.41) is 22.4. The topological polar surface area (TPSA) is 59.6 Å². The van der Waals surface area contributed by atoms with Gasteiger partial charge in [-0.2, -0.15) is 10.5 Å². The van der Waals surface area contributed by atoms with E-state index in [1.807, 2.05) is 12.1 Å². The highest BCUT2D eigenvalue weighted by molar-refractivity contribution is 8.02. The summed E-state index contributed by atoms with van der Waals surface area (Å²) in [6.45, 7) is 0. The first-order valence-electron chi connectivity index (χ1n) is 6.67. The van der Waals surface area contributed by atoms with Crippen LogP contribution in [0.25, 0.3) is 0 Å². The van der Waals surface area contributed by atoms with Crippen molar-refractivity contribution in [3.05, 3.63) is 74.5 Å². The van der Waals surface area contributed by atoms with E-state index < -0.39 is 5.82 Å². The second-order valence-corrected chi connectivity index (χ2v) is 6.40. The van der Waals surface area contributed by atoms with Crippen molar-refractivity contribution >= 4 is 40.7 Å². The molecule has 0 radical (unpaired) electrons. The summed E-state index contributed by atoms with van der Waals surface area (Å²) in [6.07, 6.45) is 0. The lowest BCUT2D eigenvalue weighted by Crippen LogP contribution is -2.00. The lowest BCUT2D eigenvalue weighted by Gasteiger charge is -2.11. The van der Waals surface area contributed by atoms with Gasteiger partial charge in [-0.3, -0.25) is 0 Å². The number of hydrogen-bond donors (Lipinski definition) is 1. The number of hydrogen-bond acceptors (Lipinski definition) is 4. The van der Waals surface area contributed by atoms with Gasteiger partial charge >= 0.3 is 0 Å². The number of benzene rings is 2. The van der Waals surface area contributed by atoms with E-state index in [-0.39, 0.29) is 5.57 Å². The number of anilines is 1. The van der Waals surface area contributed by atoms with Crippen LogP contribution in [-0.2, 0) is 5.75 Å². The molecule has 0 aliphatic rings. The minimum atomic E-state index is -0.413. The normalized spacial score (nSPS) is 9.71. The molecule has 1 N–H and O–H groups in total. The lowest BCUT2D eigenvalue weighted by molar-refractivity contribution is 0.628. The molecule has 2 aromatic carbocycles. The quantitative estimate of drug-likeness (QED) is 0.675. The first kappa shape index (κ1) is 18.2. The highest BCUT2D eigenvalue weighted by Gasteiger charge is 2.10. The highest BCUT2D eigenvalue weighted by Crippen LogP contribution is 2.29. The summed E-state index contributed by atoms with van der Waals surface area (Å²) >= 11 is 13.1. The van der Waals surface area contributed by atoms with Crippen molar-refractivity contribution in [3.8, 4) is 12.1 Å². The number of nitrogens with one attached hydrogen (secondary N) is 1. The van der Waals surface area contributed by atoms with Gasteiger partial charge in [-0.05, 0) is 35.9 Å². The zero-order chi connectivity index (χ0) is 17.5. The van der Waals surface area contributed by atoms with Gasteiger partial charge in [0.2, 0.25) is 0 Å². The van der Waals surface area contributed by atoms with Gasteiger partial charge in [0.25, 0.3) is 0 Å². The van der Waals surface area contributed by atoms with Crippen molar-refractivity contribution < 1.29 is 4.39 Å². The molecule has 2 rings (SSSR count). The van der Waals surface area contributed by atoms with Crippen molar-refractivity contribution in [2.75, 3.05) is 5.32 Å². The fourth-order valence-electron chi connectivity index (χ4n) is 1.78. The molecule has 0 heterocycles. The Hall–Kier alpha value is -2.18. The molecule has 0 aromatic heterocycles. The Morgan fingerprint density at radius 2 is 1.83 bits per heavy atom. The standard InChI is InChI=1S/C17H10Cl2FN3S/c18-15-5-4-11(6-16(15)19)10-24-17(12(8-21)9-22)23-14-3-1-2-13(20)7-14/h1-7,23H,10H2. The number of allylic oxidation sites excluding steroid dienone is 1. The molecule has 120 valence electrons. The molecule has 7 heteroatoms. The van der Waals surface area contributed by atoms with Crippen molar-refractivity contribution in [2.24, 2.45) is 0 Å². The number of rotatable bonds is 5. The molecular weight excluding hydrogens is 368 g/mol. The molecule has 0 aliphatic heterocycles. The van der Waals surface area contributed by atoms with Gasteiger partial charge in [-0.15, -0.1) is 11.8 Å². The van der Waals surface area contributed by atoms with E-state index in [1.54, 1.807) is 24.3 Å². The maximum absolute atomic E-state index is 13.3. The van der Waals surface area contributed by atoms with Crippen molar-refractivity contribution in [1.29, 1.82) is 10.5 Å². The Kier molecular flexibility index (Phi) is 6.52. The third-order valence-corrected chi connectivity index (χ3v) is 4.71. The average Bonchev–Trinajstić information content (AvgIpc) is 2.56. The van der Waals surface area contributed by atoms with E-state index in [1.165, 1.54) is 30.0 Å². The Morgan fingerprint density at radius 3 is 2.46 bits per heavy atom. The Labute approximate surface area is 153 Å².